The van der Waals surface area contributed by atoms with E-state index >= 15 is 0 Å². The summed E-state index contributed by atoms with van der Waals surface area (Å²) in [5, 5.41) is 4.66. The zero-order valence-electron chi connectivity index (χ0n) is 14.1. The van der Waals surface area contributed by atoms with E-state index < -0.39 is 0 Å². The molecule has 25 heavy (non-hydrogen) atoms. The van der Waals surface area contributed by atoms with Crippen molar-refractivity contribution in [1.29, 1.82) is 0 Å². The van der Waals surface area contributed by atoms with E-state index in [1.165, 1.54) is 17.7 Å². The molecule has 1 amide bonds. The Balaban J connectivity index is 1.64. The van der Waals surface area contributed by atoms with Crippen molar-refractivity contribution in [3.8, 4) is 10.8 Å². The van der Waals surface area contributed by atoms with Gasteiger partial charge in [-0.2, -0.15) is 4.98 Å². The van der Waals surface area contributed by atoms with Gasteiger partial charge in [-0.25, -0.2) is 4.98 Å². The highest BCUT2D eigenvalue weighted by Crippen LogP contribution is 2.34. The number of carbonyl (C=O) groups is 1. The van der Waals surface area contributed by atoms with Crippen LogP contribution in [-0.2, 0) is 0 Å². The summed E-state index contributed by atoms with van der Waals surface area (Å²) in [5.74, 6) is 2.05. The summed E-state index contributed by atoms with van der Waals surface area (Å²) < 4.78 is 10.5. The third-order valence-electron chi connectivity index (χ3n) is 4.38. The molecule has 1 fully saturated rings. The number of carbonyl (C=O) groups excluding carboxylic acids is 1. The monoisotopic (exact) mass is 358 g/mol. The van der Waals surface area contributed by atoms with Gasteiger partial charge in [0.05, 0.1) is 11.7 Å². The van der Waals surface area contributed by atoms with Crippen molar-refractivity contribution in [3.05, 3.63) is 40.7 Å². The van der Waals surface area contributed by atoms with E-state index in [0.29, 0.717) is 23.0 Å². The molecule has 1 saturated heterocycles. The van der Waals surface area contributed by atoms with Gasteiger partial charge in [0.1, 0.15) is 10.6 Å². The first-order valence-corrected chi connectivity index (χ1v) is 9.06. The molecule has 130 valence electrons. The lowest BCUT2D eigenvalue weighted by molar-refractivity contribution is 0.0601. The van der Waals surface area contributed by atoms with Crippen LogP contribution in [0.3, 0.4) is 0 Å². The van der Waals surface area contributed by atoms with Crippen LogP contribution in [0.4, 0.5) is 0 Å². The van der Waals surface area contributed by atoms with E-state index in [0.717, 1.165) is 35.7 Å². The molecule has 0 unspecified atom stereocenters. The molecule has 0 N–H and O–H groups in total. The molecular weight excluding hydrogens is 340 g/mol. The Labute approximate surface area is 148 Å². The zero-order chi connectivity index (χ0) is 17.4. The van der Waals surface area contributed by atoms with Crippen molar-refractivity contribution in [1.82, 2.24) is 20.0 Å². The molecular formula is C17H18N4O3S. The van der Waals surface area contributed by atoms with Crippen molar-refractivity contribution in [2.24, 2.45) is 0 Å². The molecule has 3 aromatic rings. The van der Waals surface area contributed by atoms with Crippen LogP contribution < -0.4 is 0 Å². The van der Waals surface area contributed by atoms with E-state index in [4.69, 9.17) is 8.94 Å². The van der Waals surface area contributed by atoms with Crippen LogP contribution in [0.2, 0.25) is 0 Å². The van der Waals surface area contributed by atoms with Crippen LogP contribution in [0, 0.1) is 13.8 Å². The van der Waals surface area contributed by atoms with E-state index in [1.807, 2.05) is 30.9 Å². The lowest BCUT2D eigenvalue weighted by atomic mass is 10.0. The Morgan fingerprint density at radius 2 is 2.20 bits per heavy atom. The highest BCUT2D eigenvalue weighted by atomic mass is 32.1. The molecule has 1 atom stereocenters. The van der Waals surface area contributed by atoms with Crippen LogP contribution in [0.1, 0.15) is 52.3 Å². The first kappa shape index (κ1) is 16.0. The molecule has 3 aromatic heterocycles. The Hall–Kier alpha value is -2.48. The Morgan fingerprint density at radius 1 is 1.32 bits per heavy atom. The van der Waals surface area contributed by atoms with E-state index in [1.54, 1.807) is 0 Å². The van der Waals surface area contributed by atoms with E-state index in [-0.39, 0.29) is 11.9 Å². The van der Waals surface area contributed by atoms with Crippen molar-refractivity contribution >= 4 is 17.2 Å². The minimum Gasteiger partial charge on any atom is -0.459 e. The first-order valence-electron chi connectivity index (χ1n) is 8.25. The number of aryl methyl sites for hydroxylation is 2. The van der Waals surface area contributed by atoms with Crippen molar-refractivity contribution in [2.75, 3.05) is 6.54 Å². The molecule has 0 spiro atoms. The molecule has 0 bridgehead atoms. The van der Waals surface area contributed by atoms with Crippen LogP contribution in [-0.4, -0.2) is 32.5 Å². The Kier molecular flexibility index (Phi) is 4.12. The summed E-state index contributed by atoms with van der Waals surface area (Å²) in [6, 6.07) is 3.63. The number of furan rings is 1. The summed E-state index contributed by atoms with van der Waals surface area (Å²) in [7, 11) is 0. The average molecular weight is 358 g/mol. The first-order chi connectivity index (χ1) is 12.1. The van der Waals surface area contributed by atoms with E-state index in [9.17, 15) is 4.79 Å². The fourth-order valence-corrected chi connectivity index (χ4v) is 4.13. The number of piperidine rings is 1. The number of hydrogen-bond acceptors (Lipinski definition) is 7. The normalized spacial score (nSPS) is 17.8. The van der Waals surface area contributed by atoms with Gasteiger partial charge in [-0.1, -0.05) is 5.16 Å². The molecule has 1 aliphatic rings. The molecule has 8 heteroatoms. The van der Waals surface area contributed by atoms with Gasteiger partial charge in [0.25, 0.3) is 5.91 Å². The zero-order valence-corrected chi connectivity index (χ0v) is 14.9. The lowest BCUT2D eigenvalue weighted by Crippen LogP contribution is -2.38. The Morgan fingerprint density at radius 3 is 2.92 bits per heavy atom. The summed E-state index contributed by atoms with van der Waals surface area (Å²) in [4.78, 5) is 24.3. The second-order valence-corrected chi connectivity index (χ2v) is 7.14. The minimum atomic E-state index is -0.143. The standard InChI is InChI=1S/C17H18N4O3S/c1-10-6-7-13(24-10)16-19-11(2)14(25-16)17(22)21-8-4-3-5-12(21)15-18-9-23-20-15/h6-7,9,12H,3-5,8H2,1-2H3/t12-/m0/s1. The molecule has 4 heterocycles. The van der Waals surface area contributed by atoms with Crippen molar-refractivity contribution < 1.29 is 13.7 Å². The fourth-order valence-electron chi connectivity index (χ4n) is 3.15. The smallest absolute Gasteiger partial charge is 0.266 e. The van der Waals surface area contributed by atoms with Crippen LogP contribution in [0.25, 0.3) is 10.8 Å². The SMILES string of the molecule is Cc1ccc(-c2nc(C)c(C(=O)N3CCCC[C@H]3c3ncon3)s2)o1. The molecule has 0 aliphatic carbocycles. The molecule has 0 radical (unpaired) electrons. The van der Waals surface area contributed by atoms with Gasteiger partial charge in [-0.15, -0.1) is 11.3 Å². The molecule has 1 aliphatic heterocycles. The van der Waals surface area contributed by atoms with Gasteiger partial charge in [-0.3, -0.25) is 4.79 Å². The number of likely N-dealkylation sites (tertiary alicyclic amines) is 1. The second kappa shape index (κ2) is 6.44. The Bertz CT molecular complexity index is 884. The van der Waals surface area contributed by atoms with Gasteiger partial charge >= 0.3 is 0 Å². The second-order valence-electron chi connectivity index (χ2n) is 6.14. The lowest BCUT2D eigenvalue weighted by Gasteiger charge is -2.33. The van der Waals surface area contributed by atoms with Gasteiger partial charge in [0.2, 0.25) is 6.39 Å². The number of nitrogens with zero attached hydrogens (tertiary/aromatic N) is 4. The molecule has 0 aromatic carbocycles. The van der Waals surface area contributed by atoms with Gasteiger partial charge < -0.3 is 13.8 Å². The van der Waals surface area contributed by atoms with E-state index in [2.05, 4.69) is 15.1 Å². The molecule has 7 nitrogen and oxygen atoms in total. The molecule has 0 saturated carbocycles. The highest BCUT2D eigenvalue weighted by Gasteiger charge is 2.33. The summed E-state index contributed by atoms with van der Waals surface area (Å²) >= 11 is 1.37. The average Bonchev–Trinajstić information content (AvgIpc) is 3.35. The number of hydrogen-bond donors (Lipinski definition) is 0. The highest BCUT2D eigenvalue weighted by molar-refractivity contribution is 7.17. The topological polar surface area (TPSA) is 85.3 Å². The number of rotatable bonds is 3. The largest absolute Gasteiger partial charge is 0.459 e. The third kappa shape index (κ3) is 2.97. The maximum Gasteiger partial charge on any atom is 0.266 e. The van der Waals surface area contributed by atoms with Gasteiger partial charge in [-0.05, 0) is 45.2 Å². The fraction of sp³-hybridized carbons (Fsp3) is 0.412. The maximum atomic E-state index is 13.2. The summed E-state index contributed by atoms with van der Waals surface area (Å²) in [6.07, 6.45) is 4.17. The molecule has 4 rings (SSSR count). The van der Waals surface area contributed by atoms with Crippen molar-refractivity contribution in [3.63, 3.8) is 0 Å². The summed E-state index contributed by atoms with van der Waals surface area (Å²) in [6.45, 7) is 4.43. The van der Waals surface area contributed by atoms with Crippen LogP contribution in [0.15, 0.2) is 27.5 Å². The summed E-state index contributed by atoms with van der Waals surface area (Å²) in [5.41, 5.74) is 0.719. The third-order valence-corrected chi connectivity index (χ3v) is 5.54. The van der Waals surface area contributed by atoms with Crippen molar-refractivity contribution in [2.45, 2.75) is 39.2 Å². The minimum absolute atomic E-state index is 0.0287. The van der Waals surface area contributed by atoms with Crippen LogP contribution in [0.5, 0.6) is 0 Å². The van der Waals surface area contributed by atoms with Crippen LogP contribution >= 0.6 is 11.3 Å². The maximum absolute atomic E-state index is 13.2. The number of aromatic nitrogens is 3. The quantitative estimate of drug-likeness (QED) is 0.708. The number of thiazole rings is 1. The van der Waals surface area contributed by atoms with Gasteiger partial charge in [0.15, 0.2) is 16.6 Å². The number of amides is 1. The predicted molar refractivity (Wildman–Crippen MR) is 91.2 cm³/mol. The predicted octanol–water partition coefficient (Wildman–Crippen LogP) is 3.77. The van der Waals surface area contributed by atoms with Gasteiger partial charge in [0, 0.05) is 6.54 Å².